The van der Waals surface area contributed by atoms with Crippen molar-refractivity contribution >= 4 is 11.6 Å². The summed E-state index contributed by atoms with van der Waals surface area (Å²) in [6.07, 6.45) is 0. The molecule has 2 nitrogen and oxygen atoms in total. The van der Waals surface area contributed by atoms with Crippen LogP contribution in [0.4, 0.5) is 0 Å². The molecule has 0 aliphatic heterocycles. The van der Waals surface area contributed by atoms with Gasteiger partial charge in [-0.1, -0.05) is 103 Å². The second-order valence-electron chi connectivity index (χ2n) is 5.88. The van der Waals surface area contributed by atoms with E-state index in [1.165, 1.54) is 0 Å². The third-order valence-electron chi connectivity index (χ3n) is 4.23. The van der Waals surface area contributed by atoms with Crippen LogP contribution in [0, 0.1) is 0 Å². The molecule has 0 amide bonds. The van der Waals surface area contributed by atoms with Crippen LogP contribution in [-0.4, -0.2) is 0 Å². The Bertz CT molecular complexity index is 1090. The van der Waals surface area contributed by atoms with E-state index in [1.807, 2.05) is 91.0 Å². The Morgan fingerprint density at radius 1 is 0.577 bits per heavy atom. The van der Waals surface area contributed by atoms with Gasteiger partial charge in [0.1, 0.15) is 10.8 Å². The Morgan fingerprint density at radius 3 is 1.50 bits per heavy atom. The van der Waals surface area contributed by atoms with Crippen LogP contribution in [0.3, 0.4) is 0 Å². The molecular weight excluding hydrogens is 344 g/mol. The highest BCUT2D eigenvalue weighted by molar-refractivity contribution is 6.34. The lowest BCUT2D eigenvalue weighted by molar-refractivity contribution is 0.528. The van der Waals surface area contributed by atoms with Gasteiger partial charge >= 0.3 is 5.63 Å². The second-order valence-corrected chi connectivity index (χ2v) is 6.26. The predicted octanol–water partition coefficient (Wildman–Crippen LogP) is 6.29. The van der Waals surface area contributed by atoms with Crippen LogP contribution in [0.1, 0.15) is 0 Å². The first-order valence-electron chi connectivity index (χ1n) is 8.28. The Hall–Kier alpha value is -3.10. The van der Waals surface area contributed by atoms with E-state index in [0.717, 1.165) is 22.3 Å². The molecule has 3 heteroatoms. The lowest BCUT2D eigenvalue weighted by Gasteiger charge is -2.15. The van der Waals surface area contributed by atoms with Crippen LogP contribution in [0.15, 0.2) is 100 Å². The zero-order valence-corrected chi connectivity index (χ0v) is 14.6. The molecule has 0 N–H and O–H groups in total. The molecule has 1 heterocycles. The van der Waals surface area contributed by atoms with E-state index < -0.39 is 5.63 Å². The summed E-state index contributed by atoms with van der Waals surface area (Å²) in [6, 6.07) is 29.1. The molecule has 126 valence electrons. The standard InChI is InChI=1S/C23H15ClO2/c24-21-19(16-10-4-1-5-11-16)20(17-12-6-2-7-13-17)22(26-23(21)25)18-14-8-3-9-15-18/h1-15H. The van der Waals surface area contributed by atoms with E-state index in [1.54, 1.807) is 0 Å². The van der Waals surface area contributed by atoms with Gasteiger partial charge in [0.05, 0.1) is 0 Å². The molecule has 4 aromatic rings. The minimum absolute atomic E-state index is 0.0923. The summed E-state index contributed by atoms with van der Waals surface area (Å²) in [5.41, 5.74) is 3.61. The molecule has 0 saturated heterocycles. The highest BCUT2D eigenvalue weighted by Gasteiger charge is 2.22. The first-order chi connectivity index (χ1) is 12.8. The Balaban J connectivity index is 2.14. The van der Waals surface area contributed by atoms with E-state index in [-0.39, 0.29) is 5.02 Å². The predicted molar refractivity (Wildman–Crippen MR) is 106 cm³/mol. The maximum atomic E-state index is 12.5. The van der Waals surface area contributed by atoms with Crippen molar-refractivity contribution < 1.29 is 4.42 Å². The monoisotopic (exact) mass is 358 g/mol. The average Bonchev–Trinajstić information content (AvgIpc) is 2.71. The van der Waals surface area contributed by atoms with Crippen LogP contribution in [0.25, 0.3) is 33.6 Å². The normalized spacial score (nSPS) is 10.7. The van der Waals surface area contributed by atoms with Crippen molar-refractivity contribution in [2.45, 2.75) is 0 Å². The summed E-state index contributed by atoms with van der Waals surface area (Å²) >= 11 is 6.44. The van der Waals surface area contributed by atoms with Crippen molar-refractivity contribution in [2.24, 2.45) is 0 Å². The Kier molecular flexibility index (Phi) is 4.42. The van der Waals surface area contributed by atoms with Crippen LogP contribution in [0.2, 0.25) is 5.02 Å². The molecule has 1 aromatic heterocycles. The van der Waals surface area contributed by atoms with Gasteiger partial charge in [0.2, 0.25) is 0 Å². The van der Waals surface area contributed by atoms with E-state index >= 15 is 0 Å². The quantitative estimate of drug-likeness (QED) is 0.430. The maximum Gasteiger partial charge on any atom is 0.355 e. The molecule has 0 radical (unpaired) electrons. The number of hydrogen-bond donors (Lipinski definition) is 0. The van der Waals surface area contributed by atoms with Crippen molar-refractivity contribution in [3.05, 3.63) is 106 Å². The zero-order chi connectivity index (χ0) is 17.9. The highest BCUT2D eigenvalue weighted by Crippen LogP contribution is 2.42. The molecule has 3 aromatic carbocycles. The van der Waals surface area contributed by atoms with E-state index in [9.17, 15) is 4.79 Å². The summed E-state index contributed by atoms with van der Waals surface area (Å²) < 4.78 is 5.65. The Labute approximate surface area is 156 Å². The van der Waals surface area contributed by atoms with E-state index in [4.69, 9.17) is 16.0 Å². The molecule has 0 bridgehead atoms. The van der Waals surface area contributed by atoms with Gasteiger partial charge in [-0.2, -0.15) is 0 Å². The molecular formula is C23H15ClO2. The largest absolute Gasteiger partial charge is 0.421 e. The Morgan fingerprint density at radius 2 is 1.00 bits per heavy atom. The summed E-state index contributed by atoms with van der Waals surface area (Å²) in [6.45, 7) is 0. The minimum Gasteiger partial charge on any atom is -0.421 e. The molecule has 0 saturated carbocycles. The van der Waals surface area contributed by atoms with Crippen molar-refractivity contribution in [3.63, 3.8) is 0 Å². The smallest absolute Gasteiger partial charge is 0.355 e. The zero-order valence-electron chi connectivity index (χ0n) is 13.9. The number of halogens is 1. The van der Waals surface area contributed by atoms with Crippen molar-refractivity contribution in [3.8, 4) is 33.6 Å². The van der Waals surface area contributed by atoms with Crippen LogP contribution in [-0.2, 0) is 0 Å². The third-order valence-corrected chi connectivity index (χ3v) is 4.57. The molecule has 0 unspecified atom stereocenters. The summed E-state index contributed by atoms with van der Waals surface area (Å²) in [4.78, 5) is 12.5. The molecule has 0 atom stereocenters. The first-order valence-corrected chi connectivity index (χ1v) is 8.66. The molecule has 0 aliphatic rings. The molecule has 0 aliphatic carbocycles. The topological polar surface area (TPSA) is 30.2 Å². The fourth-order valence-electron chi connectivity index (χ4n) is 3.06. The van der Waals surface area contributed by atoms with Gasteiger partial charge in [-0.3, -0.25) is 0 Å². The van der Waals surface area contributed by atoms with Gasteiger partial charge in [-0.15, -0.1) is 0 Å². The van der Waals surface area contributed by atoms with Gasteiger partial charge in [-0.25, -0.2) is 4.79 Å². The first kappa shape index (κ1) is 16.4. The van der Waals surface area contributed by atoms with Crippen molar-refractivity contribution in [1.82, 2.24) is 0 Å². The molecule has 26 heavy (non-hydrogen) atoms. The third kappa shape index (κ3) is 2.96. The lowest BCUT2D eigenvalue weighted by Crippen LogP contribution is -2.05. The van der Waals surface area contributed by atoms with Crippen LogP contribution >= 0.6 is 11.6 Å². The lowest BCUT2D eigenvalue weighted by atomic mass is 9.92. The highest BCUT2D eigenvalue weighted by atomic mass is 35.5. The van der Waals surface area contributed by atoms with Crippen molar-refractivity contribution in [1.29, 1.82) is 0 Å². The second kappa shape index (κ2) is 7.03. The van der Waals surface area contributed by atoms with Gasteiger partial charge in [-0.05, 0) is 11.1 Å². The van der Waals surface area contributed by atoms with Gasteiger partial charge in [0, 0.05) is 16.7 Å². The number of benzene rings is 3. The van der Waals surface area contributed by atoms with Gasteiger partial charge in [0.15, 0.2) is 0 Å². The van der Waals surface area contributed by atoms with Crippen LogP contribution < -0.4 is 5.63 Å². The fourth-order valence-corrected chi connectivity index (χ4v) is 3.30. The molecule has 0 fully saturated rings. The van der Waals surface area contributed by atoms with E-state index in [2.05, 4.69) is 0 Å². The maximum absolute atomic E-state index is 12.5. The fraction of sp³-hybridized carbons (Fsp3) is 0. The molecule has 4 rings (SSSR count). The molecule has 0 spiro atoms. The summed E-state index contributed by atoms with van der Waals surface area (Å²) in [7, 11) is 0. The van der Waals surface area contributed by atoms with Gasteiger partial charge in [0.25, 0.3) is 0 Å². The summed E-state index contributed by atoms with van der Waals surface area (Å²) in [5, 5.41) is 0.0923. The number of hydrogen-bond acceptors (Lipinski definition) is 2. The van der Waals surface area contributed by atoms with E-state index in [0.29, 0.717) is 11.3 Å². The van der Waals surface area contributed by atoms with Gasteiger partial charge < -0.3 is 4.42 Å². The summed E-state index contributed by atoms with van der Waals surface area (Å²) in [5.74, 6) is 0.519. The minimum atomic E-state index is -0.538. The van der Waals surface area contributed by atoms with Crippen molar-refractivity contribution in [2.75, 3.05) is 0 Å². The number of rotatable bonds is 3. The SMILES string of the molecule is O=c1oc(-c2ccccc2)c(-c2ccccc2)c(-c2ccccc2)c1Cl. The van der Waals surface area contributed by atoms with Crippen LogP contribution in [0.5, 0.6) is 0 Å². The average molecular weight is 359 g/mol.